The summed E-state index contributed by atoms with van der Waals surface area (Å²) in [6, 6.07) is 11.5. The highest BCUT2D eigenvalue weighted by Crippen LogP contribution is 2.31. The van der Waals surface area contributed by atoms with E-state index in [2.05, 4.69) is 10.4 Å². The molecule has 3 rings (SSSR count). The first-order valence-electron chi connectivity index (χ1n) is 5.85. The molecule has 1 aromatic heterocycles. The fourth-order valence-corrected chi connectivity index (χ4v) is 2.93. The van der Waals surface area contributed by atoms with Gasteiger partial charge in [-0.3, -0.25) is 10.2 Å². The highest BCUT2D eigenvalue weighted by atomic mass is 32.1. The number of aromatic nitrogens is 1. The van der Waals surface area contributed by atoms with E-state index in [1.165, 1.54) is 17.4 Å². The Labute approximate surface area is 118 Å². The minimum absolute atomic E-state index is 0.313. The predicted octanol–water partition coefficient (Wildman–Crippen LogP) is 2.71. The summed E-state index contributed by atoms with van der Waals surface area (Å²) < 4.78 is 14.6. The van der Waals surface area contributed by atoms with Gasteiger partial charge in [0.25, 0.3) is 5.91 Å². The number of carbonyl (C=O) groups excluding carboxylic acids is 1. The predicted molar refractivity (Wildman–Crippen MR) is 76.7 cm³/mol. The first-order valence-corrected chi connectivity index (χ1v) is 6.67. The third-order valence-corrected chi connectivity index (χ3v) is 3.94. The third-order valence-electron chi connectivity index (χ3n) is 2.89. The number of hydrogen-bond acceptors (Lipinski definition) is 4. The second kappa shape index (κ2) is 4.99. The second-order valence-corrected chi connectivity index (χ2v) is 5.19. The number of nitrogen functional groups attached to an aromatic ring is 1. The highest BCUT2D eigenvalue weighted by Gasteiger charge is 2.12. The van der Waals surface area contributed by atoms with E-state index in [9.17, 15) is 9.18 Å². The smallest absolute Gasteiger partial charge is 0.265 e. The summed E-state index contributed by atoms with van der Waals surface area (Å²) in [4.78, 5) is 15.9. The van der Waals surface area contributed by atoms with Crippen LogP contribution in [-0.4, -0.2) is 10.9 Å². The van der Waals surface area contributed by atoms with E-state index in [0.29, 0.717) is 16.1 Å². The lowest BCUT2D eigenvalue weighted by molar-refractivity contribution is 0.0954. The van der Waals surface area contributed by atoms with Gasteiger partial charge >= 0.3 is 0 Å². The number of nitrogens with one attached hydrogen (secondary N) is 1. The monoisotopic (exact) mass is 287 g/mol. The lowest BCUT2D eigenvalue weighted by atomic mass is 10.2. The molecule has 0 fully saturated rings. The molecule has 100 valence electrons. The van der Waals surface area contributed by atoms with E-state index >= 15 is 0 Å². The largest absolute Gasteiger partial charge is 0.290 e. The molecular weight excluding hydrogens is 277 g/mol. The molecule has 0 aliphatic carbocycles. The molecule has 4 nitrogen and oxygen atoms in total. The fourth-order valence-electron chi connectivity index (χ4n) is 1.90. The summed E-state index contributed by atoms with van der Waals surface area (Å²) in [5.74, 6) is 4.42. The average Bonchev–Trinajstić information content (AvgIpc) is 2.89. The summed E-state index contributed by atoms with van der Waals surface area (Å²) in [6.45, 7) is 0. The highest BCUT2D eigenvalue weighted by molar-refractivity contribution is 7.21. The summed E-state index contributed by atoms with van der Waals surface area (Å²) in [7, 11) is 0. The lowest BCUT2D eigenvalue weighted by Crippen LogP contribution is -2.29. The summed E-state index contributed by atoms with van der Waals surface area (Å²) in [6.07, 6.45) is 0. The van der Waals surface area contributed by atoms with E-state index < -0.39 is 0 Å². The van der Waals surface area contributed by atoms with E-state index in [1.54, 1.807) is 36.4 Å². The second-order valence-electron chi connectivity index (χ2n) is 4.15. The number of halogens is 1. The number of thiazole rings is 1. The molecule has 0 bridgehead atoms. The van der Waals surface area contributed by atoms with Gasteiger partial charge in [-0.25, -0.2) is 15.2 Å². The number of nitrogens with two attached hydrogens (primary N) is 1. The molecule has 0 saturated heterocycles. The van der Waals surface area contributed by atoms with Crippen molar-refractivity contribution in [1.29, 1.82) is 0 Å². The maximum absolute atomic E-state index is 13.8. The van der Waals surface area contributed by atoms with E-state index in [1.807, 2.05) is 0 Å². The molecule has 20 heavy (non-hydrogen) atoms. The quantitative estimate of drug-likeness (QED) is 0.432. The molecule has 1 amide bonds. The Morgan fingerprint density at radius 1 is 1.25 bits per heavy atom. The van der Waals surface area contributed by atoms with Crippen molar-refractivity contribution in [3.8, 4) is 10.6 Å². The Hall–Kier alpha value is -2.31. The maximum atomic E-state index is 13.8. The number of nitrogens with zero attached hydrogens (tertiary/aromatic N) is 1. The number of amides is 1. The Balaban J connectivity index is 2.12. The molecule has 0 atom stereocenters. The summed E-state index contributed by atoms with van der Waals surface area (Å²) in [5.41, 5.74) is 3.71. The number of benzene rings is 2. The Kier molecular flexibility index (Phi) is 3.17. The van der Waals surface area contributed by atoms with Crippen molar-refractivity contribution in [2.24, 2.45) is 5.84 Å². The Morgan fingerprint density at radius 3 is 2.80 bits per heavy atom. The summed E-state index contributed by atoms with van der Waals surface area (Å²) >= 11 is 1.33. The Bertz CT molecular complexity index is 800. The number of carbonyl (C=O) groups is 1. The van der Waals surface area contributed by atoms with Crippen molar-refractivity contribution in [2.45, 2.75) is 0 Å². The van der Waals surface area contributed by atoms with Crippen LogP contribution in [0.25, 0.3) is 20.8 Å². The summed E-state index contributed by atoms with van der Waals surface area (Å²) in [5, 5.41) is 0.586. The molecule has 6 heteroatoms. The third kappa shape index (κ3) is 2.15. The zero-order valence-electron chi connectivity index (χ0n) is 10.3. The zero-order chi connectivity index (χ0) is 14.1. The van der Waals surface area contributed by atoms with Gasteiger partial charge in [0, 0.05) is 11.1 Å². The fraction of sp³-hybridized carbons (Fsp3) is 0. The minimum atomic E-state index is -0.368. The van der Waals surface area contributed by atoms with Crippen LogP contribution in [0.5, 0.6) is 0 Å². The van der Waals surface area contributed by atoms with Crippen LogP contribution in [0.4, 0.5) is 4.39 Å². The number of rotatable bonds is 2. The van der Waals surface area contributed by atoms with Crippen molar-refractivity contribution < 1.29 is 9.18 Å². The van der Waals surface area contributed by atoms with Crippen molar-refractivity contribution in [2.75, 3.05) is 0 Å². The van der Waals surface area contributed by atoms with Gasteiger partial charge in [0.05, 0.1) is 10.2 Å². The van der Waals surface area contributed by atoms with Gasteiger partial charge < -0.3 is 0 Å². The molecule has 0 radical (unpaired) electrons. The molecule has 0 aliphatic heterocycles. The van der Waals surface area contributed by atoms with Gasteiger partial charge in [-0.2, -0.15) is 0 Å². The molecule has 3 aromatic rings. The number of hydrogen-bond donors (Lipinski definition) is 2. The van der Waals surface area contributed by atoms with Crippen LogP contribution >= 0.6 is 11.3 Å². The van der Waals surface area contributed by atoms with Crippen LogP contribution in [0.15, 0.2) is 42.5 Å². The zero-order valence-corrected chi connectivity index (χ0v) is 11.1. The van der Waals surface area contributed by atoms with Gasteiger partial charge in [-0.15, -0.1) is 11.3 Å². The van der Waals surface area contributed by atoms with Crippen LogP contribution in [0.2, 0.25) is 0 Å². The lowest BCUT2D eigenvalue weighted by Gasteiger charge is -1.97. The SMILES string of the molecule is NNC(=O)c1ccc2nc(-c3ccccc3F)sc2c1. The molecule has 0 saturated carbocycles. The van der Waals surface area contributed by atoms with Gasteiger partial charge in [0.1, 0.15) is 10.8 Å². The first kappa shape index (κ1) is 12.7. The van der Waals surface area contributed by atoms with Crippen LogP contribution in [0, 0.1) is 5.82 Å². The molecule has 0 spiro atoms. The van der Waals surface area contributed by atoms with Crippen LogP contribution < -0.4 is 11.3 Å². The van der Waals surface area contributed by atoms with Crippen molar-refractivity contribution in [3.63, 3.8) is 0 Å². The first-order chi connectivity index (χ1) is 9.69. The molecule has 0 aliphatic rings. The molecule has 1 heterocycles. The van der Waals surface area contributed by atoms with Gasteiger partial charge in [-0.05, 0) is 30.3 Å². The topological polar surface area (TPSA) is 68.0 Å². The molecule has 3 N–H and O–H groups in total. The normalized spacial score (nSPS) is 10.7. The van der Waals surface area contributed by atoms with Gasteiger partial charge in [0.2, 0.25) is 0 Å². The maximum Gasteiger partial charge on any atom is 0.265 e. The molecular formula is C14H10FN3OS. The van der Waals surface area contributed by atoms with Crippen molar-refractivity contribution in [1.82, 2.24) is 10.4 Å². The van der Waals surface area contributed by atoms with E-state index in [0.717, 1.165) is 10.2 Å². The van der Waals surface area contributed by atoms with Crippen molar-refractivity contribution in [3.05, 3.63) is 53.8 Å². The van der Waals surface area contributed by atoms with Crippen LogP contribution in [-0.2, 0) is 0 Å². The van der Waals surface area contributed by atoms with Crippen LogP contribution in [0.3, 0.4) is 0 Å². The minimum Gasteiger partial charge on any atom is -0.290 e. The average molecular weight is 287 g/mol. The van der Waals surface area contributed by atoms with E-state index in [4.69, 9.17) is 5.84 Å². The van der Waals surface area contributed by atoms with Gasteiger partial charge in [-0.1, -0.05) is 12.1 Å². The van der Waals surface area contributed by atoms with Gasteiger partial charge in [0.15, 0.2) is 0 Å². The standard InChI is InChI=1S/C14H10FN3OS/c15-10-4-2-1-3-9(10)14-17-11-6-5-8(13(19)18-16)7-12(11)20-14/h1-7H,16H2,(H,18,19). The Morgan fingerprint density at radius 2 is 2.05 bits per heavy atom. The molecule has 0 unspecified atom stereocenters. The number of fused-ring (bicyclic) bond motifs is 1. The number of hydrazine groups is 1. The van der Waals surface area contributed by atoms with Crippen LogP contribution in [0.1, 0.15) is 10.4 Å². The van der Waals surface area contributed by atoms with Crippen molar-refractivity contribution >= 4 is 27.5 Å². The van der Waals surface area contributed by atoms with E-state index in [-0.39, 0.29) is 11.7 Å². The molecule has 2 aromatic carbocycles.